The number of aromatic amines is 1. The number of carbonyl (C=O) groups is 1. The highest BCUT2D eigenvalue weighted by molar-refractivity contribution is 5.88. The van der Waals surface area contributed by atoms with Crippen molar-refractivity contribution in [2.24, 2.45) is 0 Å². The highest BCUT2D eigenvalue weighted by Gasteiger charge is 2.19. The number of aromatic nitrogens is 3. The van der Waals surface area contributed by atoms with E-state index < -0.39 is 0 Å². The number of pyridine rings is 1. The molecule has 122 valence electrons. The number of nitrogens with zero attached hydrogens (tertiary/aromatic N) is 3. The van der Waals surface area contributed by atoms with E-state index in [-0.39, 0.29) is 6.03 Å². The lowest BCUT2D eigenvalue weighted by atomic mass is 9.96. The summed E-state index contributed by atoms with van der Waals surface area (Å²) in [5.74, 6) is 0.513. The van der Waals surface area contributed by atoms with Gasteiger partial charge in [0.1, 0.15) is 0 Å². The fourth-order valence-electron chi connectivity index (χ4n) is 2.77. The molecule has 2 aromatic heterocycles. The fourth-order valence-corrected chi connectivity index (χ4v) is 2.77. The second-order valence-corrected chi connectivity index (χ2v) is 5.71. The molecule has 1 aliphatic carbocycles. The molecular weight excluding hydrogens is 294 g/mol. The molecule has 2 aromatic rings. The maximum Gasteiger partial charge on any atom is 0.321 e. The molecule has 0 saturated heterocycles. The predicted octanol–water partition coefficient (Wildman–Crippen LogP) is 2.36. The Bertz CT molecular complexity index is 680. The average Bonchev–Trinajstić information content (AvgIpc) is 2.98. The molecule has 0 fully saturated rings. The number of H-pyrrole nitrogens is 1. The quantitative estimate of drug-likeness (QED) is 0.907. The summed E-state index contributed by atoms with van der Waals surface area (Å²) in [5, 5.41) is 10.3. The number of hydrogen-bond acceptors (Lipinski definition) is 4. The minimum absolute atomic E-state index is 0.190. The van der Waals surface area contributed by atoms with Crippen molar-refractivity contribution in [2.45, 2.75) is 32.2 Å². The molecule has 2 amide bonds. The minimum atomic E-state index is -0.190. The van der Waals surface area contributed by atoms with E-state index in [4.69, 9.17) is 4.74 Å². The Kier molecular flexibility index (Phi) is 4.45. The molecule has 0 spiro atoms. The summed E-state index contributed by atoms with van der Waals surface area (Å²) in [5.41, 5.74) is 4.10. The number of rotatable bonds is 4. The average molecular weight is 315 g/mol. The lowest BCUT2D eigenvalue weighted by molar-refractivity contribution is 0.220. The fraction of sp³-hybridized carbons (Fsp3) is 0.438. The van der Waals surface area contributed by atoms with Gasteiger partial charge in [-0.15, -0.1) is 0 Å². The van der Waals surface area contributed by atoms with Gasteiger partial charge in [0.2, 0.25) is 5.88 Å². The van der Waals surface area contributed by atoms with E-state index >= 15 is 0 Å². The van der Waals surface area contributed by atoms with E-state index in [9.17, 15) is 4.79 Å². The Balaban J connectivity index is 1.62. The van der Waals surface area contributed by atoms with E-state index in [1.54, 1.807) is 37.4 Å². The van der Waals surface area contributed by atoms with Gasteiger partial charge in [-0.1, -0.05) is 0 Å². The third-order valence-corrected chi connectivity index (χ3v) is 4.07. The van der Waals surface area contributed by atoms with E-state index in [2.05, 4.69) is 20.5 Å². The summed E-state index contributed by atoms with van der Waals surface area (Å²) in [6.45, 7) is 0.487. The Labute approximate surface area is 135 Å². The van der Waals surface area contributed by atoms with Gasteiger partial charge in [0.05, 0.1) is 31.2 Å². The van der Waals surface area contributed by atoms with Crippen LogP contribution in [0.4, 0.5) is 10.5 Å². The van der Waals surface area contributed by atoms with Crippen LogP contribution in [-0.2, 0) is 19.4 Å². The number of hydrogen-bond donors (Lipinski definition) is 2. The maximum absolute atomic E-state index is 12.3. The highest BCUT2D eigenvalue weighted by atomic mass is 16.5. The van der Waals surface area contributed by atoms with Gasteiger partial charge in [-0.05, 0) is 37.3 Å². The van der Waals surface area contributed by atoms with Gasteiger partial charge in [0, 0.05) is 18.8 Å². The standard InChI is InChI=1S/C16H21N5O2/c1-21(10-14-12-5-3-4-6-13(12)19-20-14)16(22)18-11-7-8-15(23-2)17-9-11/h7-9H,3-6,10H2,1-2H3,(H,18,22)(H,19,20). The Morgan fingerprint density at radius 2 is 2.22 bits per heavy atom. The SMILES string of the molecule is COc1ccc(NC(=O)N(C)Cc2n[nH]c3c2CCCC3)cn1. The molecule has 7 heteroatoms. The molecule has 23 heavy (non-hydrogen) atoms. The van der Waals surface area contributed by atoms with Crippen LogP contribution in [0.25, 0.3) is 0 Å². The van der Waals surface area contributed by atoms with Crippen molar-refractivity contribution in [3.8, 4) is 5.88 Å². The molecule has 3 rings (SSSR count). The first-order chi connectivity index (χ1) is 11.2. The predicted molar refractivity (Wildman–Crippen MR) is 86.5 cm³/mol. The summed E-state index contributed by atoms with van der Waals surface area (Å²) in [6, 6.07) is 3.28. The second-order valence-electron chi connectivity index (χ2n) is 5.71. The van der Waals surface area contributed by atoms with Gasteiger partial charge >= 0.3 is 6.03 Å². The topological polar surface area (TPSA) is 83.1 Å². The molecule has 2 N–H and O–H groups in total. The lowest BCUT2D eigenvalue weighted by Crippen LogP contribution is -2.31. The second kappa shape index (κ2) is 6.68. The van der Waals surface area contributed by atoms with Gasteiger partial charge in [0.15, 0.2) is 0 Å². The number of methoxy groups -OCH3 is 1. The number of aryl methyl sites for hydroxylation is 1. The van der Waals surface area contributed by atoms with Crippen LogP contribution in [0.3, 0.4) is 0 Å². The summed E-state index contributed by atoms with van der Waals surface area (Å²) in [4.78, 5) is 18.0. The zero-order valence-corrected chi connectivity index (χ0v) is 13.4. The first-order valence-corrected chi connectivity index (χ1v) is 7.74. The molecule has 2 heterocycles. The number of carbonyl (C=O) groups excluding carboxylic acids is 1. The van der Waals surface area contributed by atoms with Crippen LogP contribution in [-0.4, -0.2) is 40.3 Å². The van der Waals surface area contributed by atoms with Crippen LogP contribution in [0.5, 0.6) is 5.88 Å². The van der Waals surface area contributed by atoms with Crippen molar-refractivity contribution in [3.63, 3.8) is 0 Å². The first kappa shape index (κ1) is 15.3. The molecule has 0 aliphatic heterocycles. The molecule has 0 bridgehead atoms. The third kappa shape index (κ3) is 3.44. The molecule has 7 nitrogen and oxygen atoms in total. The molecule has 0 atom stereocenters. The van der Waals surface area contributed by atoms with E-state index in [0.717, 1.165) is 18.5 Å². The molecule has 0 aromatic carbocycles. The number of anilines is 1. The number of ether oxygens (including phenoxy) is 1. The van der Waals surface area contributed by atoms with E-state index in [1.165, 1.54) is 24.1 Å². The summed E-state index contributed by atoms with van der Waals surface area (Å²) >= 11 is 0. The van der Waals surface area contributed by atoms with Crippen molar-refractivity contribution >= 4 is 11.7 Å². The number of amides is 2. The smallest absolute Gasteiger partial charge is 0.321 e. The van der Waals surface area contributed by atoms with E-state index in [1.807, 2.05) is 0 Å². The first-order valence-electron chi connectivity index (χ1n) is 7.74. The zero-order valence-electron chi connectivity index (χ0n) is 13.4. The highest BCUT2D eigenvalue weighted by Crippen LogP contribution is 2.23. The minimum Gasteiger partial charge on any atom is -0.481 e. The Morgan fingerprint density at radius 1 is 1.39 bits per heavy atom. The van der Waals surface area contributed by atoms with Crippen molar-refractivity contribution < 1.29 is 9.53 Å². The van der Waals surface area contributed by atoms with Crippen LogP contribution >= 0.6 is 0 Å². The number of urea groups is 1. The van der Waals surface area contributed by atoms with Crippen molar-refractivity contribution in [1.29, 1.82) is 0 Å². The summed E-state index contributed by atoms with van der Waals surface area (Å²) in [6.07, 6.45) is 6.05. The van der Waals surface area contributed by atoms with Crippen molar-refractivity contribution in [1.82, 2.24) is 20.1 Å². The number of fused-ring (bicyclic) bond motifs is 1. The number of nitrogens with one attached hydrogen (secondary N) is 2. The zero-order chi connectivity index (χ0) is 16.2. The maximum atomic E-state index is 12.3. The van der Waals surface area contributed by atoms with Gasteiger partial charge in [-0.2, -0.15) is 5.10 Å². The Morgan fingerprint density at radius 3 is 2.96 bits per heavy atom. The van der Waals surface area contributed by atoms with Crippen molar-refractivity contribution in [3.05, 3.63) is 35.3 Å². The normalized spacial score (nSPS) is 13.3. The van der Waals surface area contributed by atoms with Gasteiger partial charge in [-0.3, -0.25) is 5.10 Å². The van der Waals surface area contributed by atoms with Crippen molar-refractivity contribution in [2.75, 3.05) is 19.5 Å². The van der Waals surface area contributed by atoms with Gasteiger partial charge in [-0.25, -0.2) is 9.78 Å². The van der Waals surface area contributed by atoms with Crippen LogP contribution in [0.2, 0.25) is 0 Å². The van der Waals surface area contributed by atoms with E-state index in [0.29, 0.717) is 18.1 Å². The third-order valence-electron chi connectivity index (χ3n) is 4.07. The Hall–Kier alpha value is -2.57. The lowest BCUT2D eigenvalue weighted by Gasteiger charge is -2.18. The molecule has 0 radical (unpaired) electrons. The molecular formula is C16H21N5O2. The largest absolute Gasteiger partial charge is 0.481 e. The van der Waals surface area contributed by atoms with Crippen LogP contribution in [0, 0.1) is 0 Å². The molecule has 1 aliphatic rings. The summed E-state index contributed by atoms with van der Waals surface area (Å²) < 4.78 is 5.00. The summed E-state index contributed by atoms with van der Waals surface area (Å²) in [7, 11) is 3.31. The van der Waals surface area contributed by atoms with Crippen LogP contribution < -0.4 is 10.1 Å². The molecule has 0 unspecified atom stereocenters. The van der Waals surface area contributed by atoms with Gasteiger partial charge < -0.3 is 15.0 Å². The molecule has 0 saturated carbocycles. The van der Waals surface area contributed by atoms with Crippen LogP contribution in [0.15, 0.2) is 18.3 Å². The van der Waals surface area contributed by atoms with Gasteiger partial charge in [0.25, 0.3) is 0 Å². The van der Waals surface area contributed by atoms with Crippen LogP contribution in [0.1, 0.15) is 29.8 Å². The monoisotopic (exact) mass is 315 g/mol.